The van der Waals surface area contributed by atoms with Crippen molar-refractivity contribution in [2.24, 2.45) is 0 Å². The molecule has 0 aliphatic carbocycles. The lowest BCUT2D eigenvalue weighted by atomic mass is 10.2. The van der Waals surface area contributed by atoms with Crippen LogP contribution in [-0.4, -0.2) is 46.1 Å². The molecule has 1 aromatic carbocycles. The Hall–Kier alpha value is -2.13. The zero-order chi connectivity index (χ0) is 17.7. The molecule has 3 amide bonds. The van der Waals surface area contributed by atoms with Gasteiger partial charge in [0.2, 0.25) is 5.91 Å². The Morgan fingerprint density at radius 1 is 1.25 bits per heavy atom. The van der Waals surface area contributed by atoms with Crippen LogP contribution in [0.3, 0.4) is 0 Å². The van der Waals surface area contributed by atoms with Crippen molar-refractivity contribution in [3.05, 3.63) is 39.2 Å². The first-order valence-corrected chi connectivity index (χ1v) is 8.47. The Labute approximate surface area is 150 Å². The molecule has 7 nitrogen and oxygen atoms in total. The van der Waals surface area contributed by atoms with Crippen LogP contribution in [0.15, 0.2) is 33.6 Å². The predicted octanol–water partition coefficient (Wildman–Crippen LogP) is 2.08. The first-order chi connectivity index (χ1) is 11.4. The average molecular weight is 413 g/mol. The molecule has 9 heteroatoms. The average Bonchev–Trinajstić information content (AvgIpc) is 2.77. The molecule has 1 aliphatic rings. The molecule has 1 aliphatic heterocycles. The minimum absolute atomic E-state index is 0.0564. The molecule has 0 unspecified atom stereocenters. The summed E-state index contributed by atoms with van der Waals surface area (Å²) in [6.07, 6.45) is 1.36. The zero-order valence-electron chi connectivity index (χ0n) is 12.3. The number of halogens is 1. The number of amides is 3. The summed E-state index contributed by atoms with van der Waals surface area (Å²) in [5.41, 5.74) is 0.759. The standard InChI is InChI=1S/C15H13BrN2O5S/c16-10-3-1-9(2-4-10)7-11-14(22)18(15(23)24-11)8-12(19)17-6-5-13(20)21/h1-4,7H,5-6,8H2,(H,17,19)(H,20,21)/b11-7-. The second-order valence-electron chi connectivity index (χ2n) is 4.81. The predicted molar refractivity (Wildman–Crippen MR) is 92.1 cm³/mol. The highest BCUT2D eigenvalue weighted by molar-refractivity contribution is 9.10. The molecular weight excluding hydrogens is 400 g/mol. The van der Waals surface area contributed by atoms with Gasteiger partial charge in [-0.05, 0) is 35.5 Å². The second-order valence-corrected chi connectivity index (χ2v) is 6.72. The number of thioether (sulfide) groups is 1. The van der Waals surface area contributed by atoms with Crippen molar-refractivity contribution in [2.45, 2.75) is 6.42 Å². The van der Waals surface area contributed by atoms with E-state index in [0.29, 0.717) is 0 Å². The quantitative estimate of drug-likeness (QED) is 0.693. The molecule has 1 heterocycles. The molecule has 2 N–H and O–H groups in total. The maximum absolute atomic E-state index is 12.2. The third-order valence-corrected chi connectivity index (χ3v) is 4.44. The fraction of sp³-hybridized carbons (Fsp3) is 0.200. The first kappa shape index (κ1) is 18.2. The first-order valence-electron chi connectivity index (χ1n) is 6.86. The lowest BCUT2D eigenvalue weighted by molar-refractivity contribution is -0.137. The van der Waals surface area contributed by atoms with Gasteiger partial charge in [-0.25, -0.2) is 0 Å². The van der Waals surface area contributed by atoms with Crippen molar-refractivity contribution in [2.75, 3.05) is 13.1 Å². The fourth-order valence-electron chi connectivity index (χ4n) is 1.86. The van der Waals surface area contributed by atoms with E-state index >= 15 is 0 Å². The van der Waals surface area contributed by atoms with Gasteiger partial charge in [-0.15, -0.1) is 0 Å². The number of hydrogen-bond acceptors (Lipinski definition) is 5. The van der Waals surface area contributed by atoms with E-state index < -0.39 is 29.6 Å². The van der Waals surface area contributed by atoms with Crippen LogP contribution in [0, 0.1) is 0 Å². The van der Waals surface area contributed by atoms with Crippen molar-refractivity contribution < 1.29 is 24.3 Å². The summed E-state index contributed by atoms with van der Waals surface area (Å²) < 4.78 is 0.894. The summed E-state index contributed by atoms with van der Waals surface area (Å²) in [6.45, 7) is -0.485. The number of carbonyl (C=O) groups excluding carboxylic acids is 3. The highest BCUT2D eigenvalue weighted by Gasteiger charge is 2.36. The Morgan fingerprint density at radius 2 is 1.92 bits per heavy atom. The Morgan fingerprint density at radius 3 is 2.54 bits per heavy atom. The SMILES string of the molecule is O=C(O)CCNC(=O)CN1C(=O)S/C(=C\c2ccc(Br)cc2)C1=O. The number of carboxylic acid groups (broad SMARTS) is 1. The lowest BCUT2D eigenvalue weighted by Crippen LogP contribution is -2.40. The highest BCUT2D eigenvalue weighted by Crippen LogP contribution is 2.32. The van der Waals surface area contributed by atoms with Crippen molar-refractivity contribution in [3.8, 4) is 0 Å². The lowest BCUT2D eigenvalue weighted by Gasteiger charge is -2.11. The van der Waals surface area contributed by atoms with Gasteiger partial charge in [0.1, 0.15) is 6.54 Å². The Bertz CT molecular complexity index is 717. The summed E-state index contributed by atoms with van der Waals surface area (Å²) in [5, 5.41) is 10.3. The van der Waals surface area contributed by atoms with Crippen molar-refractivity contribution >= 4 is 56.8 Å². The normalized spacial score (nSPS) is 15.9. The number of benzene rings is 1. The van der Waals surface area contributed by atoms with Gasteiger partial charge in [0, 0.05) is 11.0 Å². The monoisotopic (exact) mass is 412 g/mol. The van der Waals surface area contributed by atoms with Crippen LogP contribution >= 0.6 is 27.7 Å². The third kappa shape index (κ3) is 4.93. The fourth-order valence-corrected chi connectivity index (χ4v) is 2.96. The maximum Gasteiger partial charge on any atom is 0.305 e. The van der Waals surface area contributed by atoms with Gasteiger partial charge in [-0.1, -0.05) is 28.1 Å². The van der Waals surface area contributed by atoms with Crippen molar-refractivity contribution in [1.29, 1.82) is 0 Å². The summed E-state index contributed by atoms with van der Waals surface area (Å²) in [6, 6.07) is 7.20. The molecule has 0 radical (unpaired) electrons. The molecule has 0 bridgehead atoms. The van der Waals surface area contributed by atoms with Gasteiger partial charge in [-0.2, -0.15) is 0 Å². The van der Waals surface area contributed by atoms with Crippen molar-refractivity contribution in [3.63, 3.8) is 0 Å². The molecule has 1 aromatic rings. The van der Waals surface area contributed by atoms with Gasteiger partial charge >= 0.3 is 5.97 Å². The van der Waals surface area contributed by atoms with E-state index in [1.165, 1.54) is 0 Å². The van der Waals surface area contributed by atoms with Gasteiger partial charge < -0.3 is 10.4 Å². The number of hydrogen-bond donors (Lipinski definition) is 2. The molecule has 2 rings (SSSR count). The Kier molecular flexibility index (Phi) is 6.16. The van der Waals surface area contributed by atoms with E-state index in [2.05, 4.69) is 21.2 Å². The summed E-state index contributed by atoms with van der Waals surface area (Å²) in [5.74, 6) is -2.16. The van der Waals surface area contributed by atoms with Crippen LogP contribution in [0.4, 0.5) is 4.79 Å². The number of carboxylic acids is 1. The molecule has 0 aromatic heterocycles. The number of nitrogens with zero attached hydrogens (tertiary/aromatic N) is 1. The smallest absolute Gasteiger partial charge is 0.305 e. The van der Waals surface area contributed by atoms with E-state index in [1.54, 1.807) is 18.2 Å². The van der Waals surface area contributed by atoms with Crippen LogP contribution < -0.4 is 5.32 Å². The number of aliphatic carboxylic acids is 1. The van der Waals surface area contributed by atoms with Crippen LogP contribution in [-0.2, 0) is 14.4 Å². The summed E-state index contributed by atoms with van der Waals surface area (Å²) in [4.78, 5) is 47.3. The second kappa shape index (κ2) is 8.11. The largest absolute Gasteiger partial charge is 0.481 e. The molecule has 1 saturated heterocycles. The maximum atomic E-state index is 12.2. The summed E-state index contributed by atoms with van der Waals surface area (Å²) in [7, 11) is 0. The molecule has 126 valence electrons. The van der Waals surface area contributed by atoms with Crippen LogP contribution in [0.25, 0.3) is 6.08 Å². The van der Waals surface area contributed by atoms with E-state index in [4.69, 9.17) is 5.11 Å². The Balaban J connectivity index is 1.99. The van der Waals surface area contributed by atoms with E-state index in [9.17, 15) is 19.2 Å². The third-order valence-electron chi connectivity index (χ3n) is 3.00. The van der Waals surface area contributed by atoms with Crippen molar-refractivity contribution in [1.82, 2.24) is 10.2 Å². The van der Waals surface area contributed by atoms with E-state index in [1.807, 2.05) is 12.1 Å². The molecule has 24 heavy (non-hydrogen) atoms. The minimum Gasteiger partial charge on any atom is -0.481 e. The van der Waals surface area contributed by atoms with Crippen LogP contribution in [0.1, 0.15) is 12.0 Å². The zero-order valence-corrected chi connectivity index (χ0v) is 14.7. The number of rotatable bonds is 6. The molecule has 0 spiro atoms. The minimum atomic E-state index is -1.04. The number of nitrogens with one attached hydrogen (secondary N) is 1. The van der Waals surface area contributed by atoms with E-state index in [0.717, 1.165) is 26.7 Å². The molecule has 1 fully saturated rings. The van der Waals surface area contributed by atoms with Gasteiger partial charge in [0.05, 0.1) is 11.3 Å². The van der Waals surface area contributed by atoms with Gasteiger partial charge in [0.15, 0.2) is 0 Å². The number of imide groups is 1. The van der Waals surface area contributed by atoms with Crippen LogP contribution in [0.5, 0.6) is 0 Å². The molecule has 0 saturated carbocycles. The molecular formula is C15H13BrN2O5S. The number of carbonyl (C=O) groups is 4. The highest BCUT2D eigenvalue weighted by atomic mass is 79.9. The van der Waals surface area contributed by atoms with Gasteiger partial charge in [0.25, 0.3) is 11.1 Å². The summed E-state index contributed by atoms with van der Waals surface area (Å²) >= 11 is 4.07. The van der Waals surface area contributed by atoms with Gasteiger partial charge in [-0.3, -0.25) is 24.1 Å². The van der Waals surface area contributed by atoms with E-state index in [-0.39, 0.29) is 17.9 Å². The van der Waals surface area contributed by atoms with Crippen LogP contribution in [0.2, 0.25) is 0 Å². The topological polar surface area (TPSA) is 104 Å². The molecule has 0 atom stereocenters.